The van der Waals surface area contributed by atoms with E-state index in [4.69, 9.17) is 4.74 Å². The van der Waals surface area contributed by atoms with E-state index in [1.165, 1.54) is 67.8 Å². The van der Waals surface area contributed by atoms with Crippen molar-refractivity contribution < 1.29 is 27.3 Å². The number of carbonyl (C=O) groups excluding carboxylic acids is 1. The number of methoxy groups -OCH3 is 1. The second-order valence-corrected chi connectivity index (χ2v) is 8.79. The maximum absolute atomic E-state index is 13.6. The molecule has 0 atom stereocenters. The van der Waals surface area contributed by atoms with Crippen LogP contribution in [0.25, 0.3) is 10.9 Å². The van der Waals surface area contributed by atoms with Crippen LogP contribution >= 0.6 is 0 Å². The van der Waals surface area contributed by atoms with Gasteiger partial charge in [0.2, 0.25) is 0 Å². The number of carbonyl (C=O) groups is 1. The number of nitro groups is 1. The number of sulfonamides is 1. The Balaban J connectivity index is 1.70. The van der Waals surface area contributed by atoms with Gasteiger partial charge in [-0.15, -0.1) is 0 Å². The van der Waals surface area contributed by atoms with Crippen LogP contribution in [0.3, 0.4) is 0 Å². The first-order valence-electron chi connectivity index (χ1n) is 9.72. The summed E-state index contributed by atoms with van der Waals surface area (Å²) in [6.45, 7) is 0. The quantitative estimate of drug-likeness (QED) is 0.265. The van der Waals surface area contributed by atoms with Crippen molar-refractivity contribution in [1.82, 2.24) is 9.71 Å². The summed E-state index contributed by atoms with van der Waals surface area (Å²) in [6.07, 6.45) is 0. The molecular formula is C22H17FN4O6S. The van der Waals surface area contributed by atoms with E-state index in [0.717, 1.165) is 0 Å². The molecule has 0 radical (unpaired) electrons. The molecule has 10 nitrogen and oxygen atoms in total. The molecule has 0 saturated carbocycles. The second-order valence-electron chi connectivity index (χ2n) is 7.11. The Morgan fingerprint density at radius 2 is 1.82 bits per heavy atom. The van der Waals surface area contributed by atoms with Gasteiger partial charge in [0.05, 0.1) is 16.9 Å². The molecule has 1 heterocycles. The SMILES string of the molecule is COc1ccc(S(=O)(=O)NC(=O)c2cc3c(Nc4cccc(F)c4)ccc([N+](=O)[O-])c3[nH]2)cc1. The first kappa shape index (κ1) is 22.7. The Labute approximate surface area is 192 Å². The predicted molar refractivity (Wildman–Crippen MR) is 122 cm³/mol. The molecule has 0 aliphatic rings. The van der Waals surface area contributed by atoms with Gasteiger partial charge in [-0.2, -0.15) is 0 Å². The number of aromatic nitrogens is 1. The lowest BCUT2D eigenvalue weighted by molar-refractivity contribution is -0.383. The van der Waals surface area contributed by atoms with Crippen molar-refractivity contribution in [3.8, 4) is 5.75 Å². The molecular weight excluding hydrogens is 467 g/mol. The van der Waals surface area contributed by atoms with E-state index in [0.29, 0.717) is 17.1 Å². The highest BCUT2D eigenvalue weighted by Crippen LogP contribution is 2.33. The minimum absolute atomic E-state index is 0.00148. The summed E-state index contributed by atoms with van der Waals surface area (Å²) < 4.78 is 45.7. The van der Waals surface area contributed by atoms with E-state index in [9.17, 15) is 27.7 Å². The first-order valence-corrected chi connectivity index (χ1v) is 11.2. The number of rotatable bonds is 7. The lowest BCUT2D eigenvalue weighted by Gasteiger charge is -2.08. The van der Waals surface area contributed by atoms with E-state index in [1.807, 2.05) is 4.72 Å². The van der Waals surface area contributed by atoms with Crippen LogP contribution in [0.2, 0.25) is 0 Å². The van der Waals surface area contributed by atoms with Crippen molar-refractivity contribution in [1.29, 1.82) is 0 Å². The maximum Gasteiger partial charge on any atom is 0.293 e. The van der Waals surface area contributed by atoms with Crippen molar-refractivity contribution in [2.24, 2.45) is 0 Å². The number of amides is 1. The molecule has 0 saturated heterocycles. The minimum atomic E-state index is -4.23. The molecule has 0 aliphatic heterocycles. The highest BCUT2D eigenvalue weighted by molar-refractivity contribution is 7.90. The third kappa shape index (κ3) is 4.52. The minimum Gasteiger partial charge on any atom is -0.497 e. The van der Waals surface area contributed by atoms with Crippen molar-refractivity contribution >= 4 is 43.9 Å². The second kappa shape index (κ2) is 8.83. The summed E-state index contributed by atoms with van der Waals surface area (Å²) in [7, 11) is -2.80. The standard InChI is InChI=1S/C22H17FN4O6S/c1-33-15-5-7-16(8-6-15)34(31,32)26-22(28)19-12-17-18(24-14-4-2-3-13(23)11-14)9-10-20(27(29)30)21(17)25-19/h2-12,24-25H,1H3,(H,26,28). The van der Waals surface area contributed by atoms with Crippen LogP contribution in [0.5, 0.6) is 5.75 Å². The molecule has 0 aliphatic carbocycles. The summed E-state index contributed by atoms with van der Waals surface area (Å²) in [6, 6.07) is 14.9. The number of nitrogens with one attached hydrogen (secondary N) is 3. The summed E-state index contributed by atoms with van der Waals surface area (Å²) in [5.74, 6) is -1.06. The predicted octanol–water partition coefficient (Wildman–Crippen LogP) is 4.09. The van der Waals surface area contributed by atoms with E-state index in [1.54, 1.807) is 6.07 Å². The molecule has 3 aromatic carbocycles. The Morgan fingerprint density at radius 1 is 1.09 bits per heavy atom. The zero-order valence-electron chi connectivity index (χ0n) is 17.5. The number of H-pyrrole nitrogens is 1. The molecule has 1 amide bonds. The summed E-state index contributed by atoms with van der Waals surface area (Å²) in [5, 5.41) is 14.7. The maximum atomic E-state index is 13.6. The Kier molecular flexibility index (Phi) is 5.90. The average molecular weight is 484 g/mol. The topological polar surface area (TPSA) is 143 Å². The number of anilines is 2. The molecule has 12 heteroatoms. The van der Waals surface area contributed by atoms with Gasteiger partial charge in [-0.3, -0.25) is 14.9 Å². The Bertz CT molecular complexity index is 1520. The number of hydrogen-bond acceptors (Lipinski definition) is 7. The lowest BCUT2D eigenvalue weighted by atomic mass is 10.1. The smallest absolute Gasteiger partial charge is 0.293 e. The number of benzene rings is 3. The molecule has 34 heavy (non-hydrogen) atoms. The zero-order chi connectivity index (χ0) is 24.5. The van der Waals surface area contributed by atoms with Gasteiger partial charge < -0.3 is 15.0 Å². The largest absolute Gasteiger partial charge is 0.497 e. The summed E-state index contributed by atoms with van der Waals surface area (Å²) in [4.78, 5) is 26.0. The lowest BCUT2D eigenvalue weighted by Crippen LogP contribution is -2.30. The molecule has 0 spiro atoms. The van der Waals surface area contributed by atoms with E-state index in [2.05, 4.69) is 10.3 Å². The van der Waals surface area contributed by atoms with Crippen LogP contribution in [-0.4, -0.2) is 31.3 Å². The van der Waals surface area contributed by atoms with Crippen LogP contribution in [0.4, 0.5) is 21.5 Å². The van der Waals surface area contributed by atoms with E-state index in [-0.39, 0.29) is 27.2 Å². The number of fused-ring (bicyclic) bond motifs is 1. The van der Waals surface area contributed by atoms with Gasteiger partial charge in [0.25, 0.3) is 21.6 Å². The fraction of sp³-hybridized carbons (Fsp3) is 0.0455. The average Bonchev–Trinajstić information content (AvgIpc) is 3.25. The van der Waals surface area contributed by atoms with Gasteiger partial charge >= 0.3 is 0 Å². The summed E-state index contributed by atoms with van der Waals surface area (Å²) in [5.41, 5.74) is 0.183. The molecule has 0 bridgehead atoms. The van der Waals surface area contributed by atoms with Gasteiger partial charge in [0.1, 0.15) is 22.8 Å². The highest BCUT2D eigenvalue weighted by atomic mass is 32.2. The van der Waals surface area contributed by atoms with Crippen LogP contribution in [0.1, 0.15) is 10.5 Å². The number of hydrogen-bond donors (Lipinski definition) is 3. The molecule has 3 N–H and O–H groups in total. The third-order valence-electron chi connectivity index (χ3n) is 4.91. The monoisotopic (exact) mass is 484 g/mol. The molecule has 0 fully saturated rings. The van der Waals surface area contributed by atoms with Crippen molar-refractivity contribution in [3.63, 3.8) is 0 Å². The normalized spacial score (nSPS) is 11.2. The zero-order valence-corrected chi connectivity index (χ0v) is 18.4. The number of non-ortho nitro benzene ring substituents is 1. The number of halogens is 1. The van der Waals surface area contributed by atoms with Gasteiger partial charge in [-0.05, 0) is 54.6 Å². The van der Waals surface area contributed by atoms with Gasteiger partial charge in [0.15, 0.2) is 0 Å². The van der Waals surface area contributed by atoms with Gasteiger partial charge in [-0.1, -0.05) is 6.07 Å². The highest BCUT2D eigenvalue weighted by Gasteiger charge is 2.23. The number of nitro benzene ring substituents is 1. The molecule has 0 unspecified atom stereocenters. The number of ether oxygens (including phenoxy) is 1. The Hall–Kier alpha value is -4.45. The molecule has 4 rings (SSSR count). The van der Waals surface area contributed by atoms with Gasteiger partial charge in [0, 0.05) is 22.8 Å². The molecule has 174 valence electrons. The fourth-order valence-corrected chi connectivity index (χ4v) is 4.27. The van der Waals surface area contributed by atoms with Crippen molar-refractivity contribution in [3.05, 3.63) is 88.4 Å². The number of nitrogens with zero attached hydrogens (tertiary/aromatic N) is 1. The van der Waals surface area contributed by atoms with Crippen LogP contribution in [0.15, 0.2) is 71.6 Å². The Morgan fingerprint density at radius 3 is 2.47 bits per heavy atom. The van der Waals surface area contributed by atoms with Crippen molar-refractivity contribution in [2.45, 2.75) is 4.90 Å². The fourth-order valence-electron chi connectivity index (χ4n) is 3.30. The third-order valence-corrected chi connectivity index (χ3v) is 6.26. The number of aromatic amines is 1. The molecule has 1 aromatic heterocycles. The van der Waals surface area contributed by atoms with Crippen LogP contribution < -0.4 is 14.8 Å². The van der Waals surface area contributed by atoms with E-state index >= 15 is 0 Å². The van der Waals surface area contributed by atoms with Gasteiger partial charge in [-0.25, -0.2) is 17.5 Å². The first-order chi connectivity index (χ1) is 16.2. The van der Waals surface area contributed by atoms with Crippen molar-refractivity contribution in [2.75, 3.05) is 12.4 Å². The van der Waals surface area contributed by atoms with Crippen LogP contribution in [-0.2, 0) is 10.0 Å². The summed E-state index contributed by atoms with van der Waals surface area (Å²) >= 11 is 0. The van der Waals surface area contributed by atoms with E-state index < -0.39 is 26.7 Å². The molecule has 4 aromatic rings. The van der Waals surface area contributed by atoms with Crippen LogP contribution in [0, 0.1) is 15.9 Å².